The molecule has 1 aromatic carbocycles. The number of imidazole rings is 1. The summed E-state index contributed by atoms with van der Waals surface area (Å²) < 4.78 is 0.910. The fourth-order valence-electron chi connectivity index (χ4n) is 1.21. The van der Waals surface area contributed by atoms with Crippen LogP contribution in [0.1, 0.15) is 5.56 Å². The summed E-state index contributed by atoms with van der Waals surface area (Å²) in [4.78, 5) is 7.08. The minimum atomic E-state index is 0.419. The number of aromatic amines is 1. The van der Waals surface area contributed by atoms with E-state index >= 15 is 0 Å². The Hall–Kier alpha value is -0.740. The minimum absolute atomic E-state index is 0.419. The van der Waals surface area contributed by atoms with Gasteiger partial charge in [0.25, 0.3) is 0 Å². The Kier molecular flexibility index (Phi) is 2.17. The van der Waals surface area contributed by atoms with Crippen LogP contribution < -0.4 is 5.73 Å². The van der Waals surface area contributed by atoms with Crippen LogP contribution in [-0.2, 0) is 5.88 Å². The SMILES string of the molecule is Nc1nc2c(Br)c(CCl)ccc2[nH]1. The molecule has 1 aromatic heterocycles. The van der Waals surface area contributed by atoms with Crippen molar-refractivity contribution in [1.29, 1.82) is 0 Å². The maximum Gasteiger partial charge on any atom is 0.198 e. The van der Waals surface area contributed by atoms with Gasteiger partial charge in [0.1, 0.15) is 5.52 Å². The molecule has 5 heteroatoms. The van der Waals surface area contributed by atoms with Crippen LogP contribution in [0.3, 0.4) is 0 Å². The molecule has 13 heavy (non-hydrogen) atoms. The van der Waals surface area contributed by atoms with Crippen LogP contribution >= 0.6 is 27.5 Å². The molecule has 0 saturated carbocycles. The number of aromatic nitrogens is 2. The number of hydrogen-bond donors (Lipinski definition) is 2. The van der Waals surface area contributed by atoms with E-state index in [1.807, 2.05) is 12.1 Å². The molecule has 0 radical (unpaired) electrons. The van der Waals surface area contributed by atoms with Crippen molar-refractivity contribution >= 4 is 44.5 Å². The second kappa shape index (κ2) is 3.20. The lowest BCUT2D eigenvalue weighted by molar-refractivity contribution is 1.35. The lowest BCUT2D eigenvalue weighted by atomic mass is 10.2. The van der Waals surface area contributed by atoms with Gasteiger partial charge in [-0.2, -0.15) is 0 Å². The predicted octanol–water partition coefficient (Wildman–Crippen LogP) is 2.65. The summed E-state index contributed by atoms with van der Waals surface area (Å²) in [6.07, 6.45) is 0. The molecular formula is C8H7BrClN3. The zero-order chi connectivity index (χ0) is 9.42. The fourth-order valence-corrected chi connectivity index (χ4v) is 2.16. The number of H-pyrrole nitrogens is 1. The number of benzene rings is 1. The number of rotatable bonds is 1. The first kappa shape index (κ1) is 8.84. The lowest BCUT2D eigenvalue weighted by Crippen LogP contribution is -1.84. The standard InChI is InChI=1S/C8H7BrClN3/c9-6-4(3-10)1-2-5-7(6)13-8(11)12-5/h1-2H,3H2,(H3,11,12,13). The van der Waals surface area contributed by atoms with Crippen molar-refractivity contribution in [2.75, 3.05) is 5.73 Å². The van der Waals surface area contributed by atoms with Crippen LogP contribution in [0.2, 0.25) is 0 Å². The number of fused-ring (bicyclic) bond motifs is 1. The van der Waals surface area contributed by atoms with Gasteiger partial charge in [0.15, 0.2) is 5.95 Å². The molecule has 0 bridgehead atoms. The molecule has 0 aliphatic heterocycles. The predicted molar refractivity (Wildman–Crippen MR) is 57.8 cm³/mol. The van der Waals surface area contributed by atoms with Gasteiger partial charge in [-0.3, -0.25) is 0 Å². The monoisotopic (exact) mass is 259 g/mol. The molecule has 2 aromatic rings. The van der Waals surface area contributed by atoms with Gasteiger partial charge in [-0.15, -0.1) is 11.6 Å². The van der Waals surface area contributed by atoms with Crippen LogP contribution in [0.4, 0.5) is 5.95 Å². The first-order chi connectivity index (χ1) is 6.22. The van der Waals surface area contributed by atoms with E-state index in [0.717, 1.165) is 21.1 Å². The highest BCUT2D eigenvalue weighted by Gasteiger charge is 2.07. The van der Waals surface area contributed by atoms with E-state index in [1.54, 1.807) is 0 Å². The van der Waals surface area contributed by atoms with E-state index in [1.165, 1.54) is 0 Å². The third-order valence-electron chi connectivity index (χ3n) is 1.84. The highest BCUT2D eigenvalue weighted by atomic mass is 79.9. The maximum atomic E-state index is 5.74. The third-order valence-corrected chi connectivity index (χ3v) is 3.01. The van der Waals surface area contributed by atoms with Gasteiger partial charge in [-0.05, 0) is 27.6 Å². The quantitative estimate of drug-likeness (QED) is 0.775. The number of hydrogen-bond acceptors (Lipinski definition) is 2. The largest absolute Gasteiger partial charge is 0.369 e. The van der Waals surface area contributed by atoms with Gasteiger partial charge < -0.3 is 10.7 Å². The molecule has 0 spiro atoms. The van der Waals surface area contributed by atoms with E-state index in [-0.39, 0.29) is 0 Å². The molecule has 3 N–H and O–H groups in total. The Bertz CT molecular complexity index is 452. The minimum Gasteiger partial charge on any atom is -0.369 e. The van der Waals surface area contributed by atoms with Gasteiger partial charge in [0, 0.05) is 10.4 Å². The van der Waals surface area contributed by atoms with Crippen molar-refractivity contribution in [2.24, 2.45) is 0 Å². The Morgan fingerprint density at radius 1 is 1.54 bits per heavy atom. The molecule has 2 rings (SSSR count). The molecule has 68 valence electrons. The van der Waals surface area contributed by atoms with E-state index in [9.17, 15) is 0 Å². The van der Waals surface area contributed by atoms with E-state index < -0.39 is 0 Å². The fraction of sp³-hybridized carbons (Fsp3) is 0.125. The second-order valence-corrected chi connectivity index (χ2v) is 3.75. The molecule has 0 fully saturated rings. The average Bonchev–Trinajstić information content (AvgIpc) is 2.47. The summed E-state index contributed by atoms with van der Waals surface area (Å²) in [5, 5.41) is 0. The molecule has 0 aliphatic rings. The van der Waals surface area contributed by atoms with Crippen molar-refractivity contribution in [3.8, 4) is 0 Å². The molecule has 0 amide bonds. The van der Waals surface area contributed by atoms with Gasteiger partial charge in [-0.25, -0.2) is 4.98 Å². The number of nitrogens with one attached hydrogen (secondary N) is 1. The summed E-state index contributed by atoms with van der Waals surface area (Å²) in [5.41, 5.74) is 8.29. The maximum absolute atomic E-state index is 5.74. The van der Waals surface area contributed by atoms with Crippen LogP contribution in [0, 0.1) is 0 Å². The molecular weight excluding hydrogens is 253 g/mol. The zero-order valence-corrected chi connectivity index (χ0v) is 8.98. The second-order valence-electron chi connectivity index (χ2n) is 2.69. The Labute approximate surface area is 88.4 Å². The third kappa shape index (κ3) is 1.40. The first-order valence-electron chi connectivity index (χ1n) is 3.71. The van der Waals surface area contributed by atoms with Gasteiger partial charge >= 0.3 is 0 Å². The number of nitrogens with two attached hydrogens (primary N) is 1. The van der Waals surface area contributed by atoms with Gasteiger partial charge in [-0.1, -0.05) is 6.07 Å². The topological polar surface area (TPSA) is 54.7 Å². The van der Waals surface area contributed by atoms with Crippen molar-refractivity contribution < 1.29 is 0 Å². The van der Waals surface area contributed by atoms with Crippen LogP contribution in [0.5, 0.6) is 0 Å². The molecule has 0 aliphatic carbocycles. The summed E-state index contributed by atoms with van der Waals surface area (Å²) >= 11 is 9.17. The molecule has 0 unspecified atom stereocenters. The average molecular weight is 261 g/mol. The Morgan fingerprint density at radius 2 is 2.31 bits per heavy atom. The number of nitrogen functional groups attached to an aromatic ring is 1. The molecule has 1 heterocycles. The van der Waals surface area contributed by atoms with Crippen molar-refractivity contribution in [2.45, 2.75) is 5.88 Å². The molecule has 0 atom stereocenters. The number of nitrogens with zero attached hydrogens (tertiary/aromatic N) is 1. The Morgan fingerprint density at radius 3 is 3.00 bits per heavy atom. The summed E-state index contributed by atoms with van der Waals surface area (Å²) in [6, 6.07) is 3.86. The lowest BCUT2D eigenvalue weighted by Gasteiger charge is -1.98. The van der Waals surface area contributed by atoms with Crippen LogP contribution in [-0.4, -0.2) is 9.97 Å². The highest BCUT2D eigenvalue weighted by molar-refractivity contribution is 9.10. The summed E-state index contributed by atoms with van der Waals surface area (Å²) in [5.74, 6) is 0.881. The number of alkyl halides is 1. The van der Waals surface area contributed by atoms with Crippen LogP contribution in [0.25, 0.3) is 11.0 Å². The van der Waals surface area contributed by atoms with Gasteiger partial charge in [0.2, 0.25) is 0 Å². The zero-order valence-electron chi connectivity index (χ0n) is 6.64. The van der Waals surface area contributed by atoms with E-state index in [0.29, 0.717) is 11.8 Å². The van der Waals surface area contributed by atoms with Gasteiger partial charge in [0.05, 0.1) is 5.52 Å². The van der Waals surface area contributed by atoms with E-state index in [2.05, 4.69) is 25.9 Å². The summed E-state index contributed by atoms with van der Waals surface area (Å²) in [7, 11) is 0. The van der Waals surface area contributed by atoms with Crippen molar-refractivity contribution in [1.82, 2.24) is 9.97 Å². The van der Waals surface area contributed by atoms with Crippen LogP contribution in [0.15, 0.2) is 16.6 Å². The smallest absolute Gasteiger partial charge is 0.198 e. The molecule has 0 saturated heterocycles. The normalized spacial score (nSPS) is 10.9. The number of anilines is 1. The summed E-state index contributed by atoms with van der Waals surface area (Å²) in [6.45, 7) is 0. The first-order valence-corrected chi connectivity index (χ1v) is 5.03. The highest BCUT2D eigenvalue weighted by Crippen LogP contribution is 2.27. The van der Waals surface area contributed by atoms with E-state index in [4.69, 9.17) is 17.3 Å². The Balaban J connectivity index is 2.78. The van der Waals surface area contributed by atoms with Crippen molar-refractivity contribution in [3.63, 3.8) is 0 Å². The molecule has 3 nitrogen and oxygen atoms in total. The van der Waals surface area contributed by atoms with Crippen molar-refractivity contribution in [3.05, 3.63) is 22.2 Å². The number of halogens is 2.